The Labute approximate surface area is 216 Å². The highest BCUT2D eigenvalue weighted by Gasteiger charge is 2.26. The predicted molar refractivity (Wildman–Crippen MR) is 138 cm³/mol. The Morgan fingerprint density at radius 1 is 1.14 bits per heavy atom. The molecule has 5 rings (SSSR count). The second-order valence-corrected chi connectivity index (χ2v) is 10.2. The minimum absolute atomic E-state index is 0.242. The number of ether oxygens (including phenoxy) is 1. The van der Waals surface area contributed by atoms with Gasteiger partial charge < -0.3 is 4.74 Å². The number of thiazole rings is 1. The summed E-state index contributed by atoms with van der Waals surface area (Å²) in [6.45, 7) is 3.76. The number of anilines is 1. The summed E-state index contributed by atoms with van der Waals surface area (Å²) in [5.74, 6) is -0.0485. The van der Waals surface area contributed by atoms with Crippen molar-refractivity contribution in [2.45, 2.75) is 39.0 Å². The molecule has 1 atom stereocenters. The van der Waals surface area contributed by atoms with Gasteiger partial charge in [0.2, 0.25) is 5.95 Å². The van der Waals surface area contributed by atoms with Crippen molar-refractivity contribution in [3.8, 4) is 16.9 Å². The Kier molecular flexibility index (Phi) is 6.68. The maximum atomic E-state index is 13.5. The van der Waals surface area contributed by atoms with Gasteiger partial charge in [0.1, 0.15) is 10.9 Å². The first-order chi connectivity index (χ1) is 17.3. The monoisotopic (exact) mass is 523 g/mol. The van der Waals surface area contributed by atoms with Crippen molar-refractivity contribution in [3.05, 3.63) is 80.8 Å². The van der Waals surface area contributed by atoms with Gasteiger partial charge in [0.25, 0.3) is 5.91 Å². The third kappa shape index (κ3) is 4.81. The van der Waals surface area contributed by atoms with Crippen LogP contribution in [0.1, 0.15) is 50.1 Å². The van der Waals surface area contributed by atoms with E-state index < -0.39 is 5.95 Å². The first-order valence-electron chi connectivity index (χ1n) is 11.4. The van der Waals surface area contributed by atoms with E-state index in [-0.39, 0.29) is 11.8 Å². The smallest absolute Gasteiger partial charge is 0.259 e. The SMILES string of the molecule is COc1cnc(Cl)cc1-c1cc(C)ncc1C(=O)Nc1nc2c(s1)CC(c1cnc(F)cc1C)CC2. The Morgan fingerprint density at radius 2 is 1.97 bits per heavy atom. The van der Waals surface area contributed by atoms with Crippen molar-refractivity contribution in [1.82, 2.24) is 19.9 Å². The third-order valence-corrected chi connectivity index (χ3v) is 7.59. The lowest BCUT2D eigenvalue weighted by atomic mass is 9.84. The molecule has 4 aromatic heterocycles. The summed E-state index contributed by atoms with van der Waals surface area (Å²) in [5.41, 5.74) is 5.36. The van der Waals surface area contributed by atoms with Gasteiger partial charge in [-0.1, -0.05) is 11.6 Å². The third-order valence-electron chi connectivity index (χ3n) is 6.35. The van der Waals surface area contributed by atoms with Crippen LogP contribution in [0.3, 0.4) is 0 Å². The lowest BCUT2D eigenvalue weighted by Crippen LogP contribution is -2.14. The number of aryl methyl sites for hydroxylation is 3. The highest BCUT2D eigenvalue weighted by molar-refractivity contribution is 7.15. The van der Waals surface area contributed by atoms with Gasteiger partial charge in [0, 0.05) is 34.1 Å². The fourth-order valence-corrected chi connectivity index (χ4v) is 5.81. The first-order valence-corrected chi connectivity index (χ1v) is 12.6. The van der Waals surface area contributed by atoms with E-state index in [0.29, 0.717) is 32.7 Å². The molecule has 184 valence electrons. The molecule has 0 radical (unpaired) electrons. The summed E-state index contributed by atoms with van der Waals surface area (Å²) in [7, 11) is 1.54. The van der Waals surface area contributed by atoms with Gasteiger partial charge in [-0.05, 0) is 68.4 Å². The summed E-state index contributed by atoms with van der Waals surface area (Å²) in [4.78, 5) is 31.4. The normalized spacial score (nSPS) is 14.9. The van der Waals surface area contributed by atoms with Gasteiger partial charge in [-0.15, -0.1) is 11.3 Å². The fourth-order valence-electron chi connectivity index (χ4n) is 4.57. The van der Waals surface area contributed by atoms with Gasteiger partial charge >= 0.3 is 0 Å². The van der Waals surface area contributed by atoms with E-state index >= 15 is 0 Å². The molecule has 0 spiro atoms. The summed E-state index contributed by atoms with van der Waals surface area (Å²) < 4.78 is 18.9. The first kappa shape index (κ1) is 24.3. The summed E-state index contributed by atoms with van der Waals surface area (Å²) in [6, 6.07) is 4.96. The van der Waals surface area contributed by atoms with Crippen LogP contribution in [0.15, 0.2) is 36.8 Å². The average Bonchev–Trinajstić information content (AvgIpc) is 3.25. The Hall–Kier alpha value is -3.43. The van der Waals surface area contributed by atoms with E-state index in [1.807, 2.05) is 19.9 Å². The van der Waals surface area contributed by atoms with Gasteiger partial charge in [0.15, 0.2) is 5.13 Å². The van der Waals surface area contributed by atoms with Crippen LogP contribution in [-0.2, 0) is 12.8 Å². The minimum atomic E-state index is -0.466. The number of methoxy groups -OCH3 is 1. The van der Waals surface area contributed by atoms with Crippen LogP contribution < -0.4 is 10.1 Å². The van der Waals surface area contributed by atoms with Gasteiger partial charge in [-0.25, -0.2) is 15.0 Å². The number of pyridine rings is 3. The van der Waals surface area contributed by atoms with Crippen molar-refractivity contribution in [1.29, 1.82) is 0 Å². The maximum Gasteiger partial charge on any atom is 0.259 e. The van der Waals surface area contributed by atoms with Crippen LogP contribution in [0.2, 0.25) is 5.15 Å². The van der Waals surface area contributed by atoms with Crippen LogP contribution in [0.25, 0.3) is 11.1 Å². The lowest BCUT2D eigenvalue weighted by Gasteiger charge is -2.22. The number of amides is 1. The standard InChI is InChI=1S/C26H23ClFN5O2S/c1-13-6-24(28)31-10-18(13)15-4-5-20-22(8-15)36-26(32-20)33-25(34)19-11-29-14(2)7-16(19)17-9-23(27)30-12-21(17)35-3/h6-7,9-12,15H,4-5,8H2,1-3H3,(H,32,33,34). The van der Waals surface area contributed by atoms with Crippen LogP contribution in [-0.4, -0.2) is 33.0 Å². The van der Waals surface area contributed by atoms with Crippen molar-refractivity contribution >= 4 is 34.0 Å². The van der Waals surface area contributed by atoms with E-state index in [9.17, 15) is 9.18 Å². The van der Waals surface area contributed by atoms with Crippen LogP contribution in [0.5, 0.6) is 5.75 Å². The topological polar surface area (TPSA) is 89.9 Å². The molecule has 0 saturated carbocycles. The fraction of sp³-hybridized carbons (Fsp3) is 0.269. The molecule has 4 aromatic rings. The van der Waals surface area contributed by atoms with E-state index in [1.165, 1.54) is 23.6 Å². The molecular weight excluding hydrogens is 501 g/mol. The lowest BCUT2D eigenvalue weighted by molar-refractivity contribution is 0.102. The highest BCUT2D eigenvalue weighted by Crippen LogP contribution is 2.38. The summed E-state index contributed by atoms with van der Waals surface area (Å²) in [5, 5.41) is 3.77. The number of rotatable bonds is 5. The molecule has 1 aliphatic rings. The minimum Gasteiger partial charge on any atom is -0.494 e. The maximum absolute atomic E-state index is 13.5. The molecule has 0 saturated heterocycles. The zero-order valence-corrected chi connectivity index (χ0v) is 21.5. The molecule has 7 nitrogen and oxygen atoms in total. The molecule has 1 amide bonds. The molecule has 0 bridgehead atoms. The number of fused-ring (bicyclic) bond motifs is 1. The van der Waals surface area contributed by atoms with Gasteiger partial charge in [-0.2, -0.15) is 4.39 Å². The second-order valence-electron chi connectivity index (χ2n) is 8.72. The second kappa shape index (κ2) is 9.91. The highest BCUT2D eigenvalue weighted by atomic mass is 35.5. The predicted octanol–water partition coefficient (Wildman–Crippen LogP) is 5.94. The number of hydrogen-bond donors (Lipinski definition) is 1. The number of nitrogens with one attached hydrogen (secondary N) is 1. The molecule has 0 fully saturated rings. The number of carbonyl (C=O) groups excluding carboxylic acids is 1. The molecule has 10 heteroatoms. The molecule has 36 heavy (non-hydrogen) atoms. The zero-order chi connectivity index (χ0) is 25.4. The van der Waals surface area contributed by atoms with Crippen molar-refractivity contribution < 1.29 is 13.9 Å². The number of nitrogens with zero attached hydrogens (tertiary/aromatic N) is 4. The molecule has 0 aliphatic heterocycles. The van der Waals surface area contributed by atoms with Gasteiger partial charge in [0.05, 0.1) is 24.6 Å². The number of aromatic nitrogens is 4. The van der Waals surface area contributed by atoms with E-state index in [0.717, 1.165) is 46.7 Å². The van der Waals surface area contributed by atoms with Crippen molar-refractivity contribution in [2.75, 3.05) is 12.4 Å². The Bertz CT molecular complexity index is 1470. The summed E-state index contributed by atoms with van der Waals surface area (Å²) in [6.07, 6.45) is 7.16. The van der Waals surface area contributed by atoms with Crippen LogP contribution >= 0.6 is 22.9 Å². The van der Waals surface area contributed by atoms with E-state index in [2.05, 4.69) is 25.3 Å². The van der Waals surface area contributed by atoms with Crippen molar-refractivity contribution in [2.24, 2.45) is 0 Å². The largest absolute Gasteiger partial charge is 0.494 e. The molecular formula is C26H23ClFN5O2S. The van der Waals surface area contributed by atoms with E-state index in [4.69, 9.17) is 16.3 Å². The van der Waals surface area contributed by atoms with E-state index in [1.54, 1.807) is 25.6 Å². The quantitative estimate of drug-likeness (QED) is 0.326. The molecule has 1 N–H and O–H groups in total. The Balaban J connectivity index is 1.41. The average molecular weight is 524 g/mol. The van der Waals surface area contributed by atoms with Crippen molar-refractivity contribution in [3.63, 3.8) is 0 Å². The van der Waals surface area contributed by atoms with Gasteiger partial charge in [-0.3, -0.25) is 15.1 Å². The molecule has 0 aromatic carbocycles. The number of hydrogen-bond acceptors (Lipinski definition) is 7. The number of carbonyl (C=O) groups is 1. The van der Waals surface area contributed by atoms with Crippen LogP contribution in [0, 0.1) is 19.8 Å². The molecule has 1 unspecified atom stereocenters. The Morgan fingerprint density at radius 3 is 2.75 bits per heavy atom. The zero-order valence-electron chi connectivity index (χ0n) is 19.9. The molecule has 4 heterocycles. The van der Waals surface area contributed by atoms with Crippen LogP contribution in [0.4, 0.5) is 9.52 Å². The number of halogens is 2. The summed E-state index contributed by atoms with van der Waals surface area (Å²) >= 11 is 7.61. The molecule has 1 aliphatic carbocycles.